The highest BCUT2D eigenvalue weighted by molar-refractivity contribution is 9.10. The van der Waals surface area contributed by atoms with Crippen molar-refractivity contribution >= 4 is 15.9 Å². The molecule has 1 N–H and O–H groups in total. The third-order valence-corrected chi connectivity index (χ3v) is 3.84. The second-order valence-corrected chi connectivity index (χ2v) is 5.57. The van der Waals surface area contributed by atoms with Crippen LogP contribution in [0.2, 0.25) is 0 Å². The summed E-state index contributed by atoms with van der Waals surface area (Å²) in [5, 5.41) is 3.55. The summed E-state index contributed by atoms with van der Waals surface area (Å²) < 4.78 is 6.74. The lowest BCUT2D eigenvalue weighted by Crippen LogP contribution is -2.23. The van der Waals surface area contributed by atoms with Gasteiger partial charge in [0.05, 0.1) is 6.10 Å². The molecule has 0 spiro atoms. The van der Waals surface area contributed by atoms with E-state index in [1.165, 1.54) is 18.4 Å². The number of hydrogen-bond acceptors (Lipinski definition) is 2. The van der Waals surface area contributed by atoms with Crippen LogP contribution in [-0.2, 0) is 4.74 Å². The predicted octanol–water partition coefficient (Wildman–Crippen LogP) is 3.67. The molecule has 1 fully saturated rings. The van der Waals surface area contributed by atoms with Gasteiger partial charge in [-0.3, -0.25) is 0 Å². The van der Waals surface area contributed by atoms with E-state index in [1.54, 1.807) is 0 Å². The number of nitrogens with one attached hydrogen (secondary N) is 1. The first kappa shape index (κ1) is 13.1. The molecule has 0 bridgehead atoms. The molecule has 1 aromatic carbocycles. The normalized spacial score (nSPS) is 21.6. The summed E-state index contributed by atoms with van der Waals surface area (Å²) in [5.41, 5.74) is 1.33. The molecule has 1 aliphatic heterocycles. The van der Waals surface area contributed by atoms with Crippen LogP contribution in [0.1, 0.15) is 37.8 Å². The van der Waals surface area contributed by atoms with E-state index in [0.29, 0.717) is 12.1 Å². The Hall–Kier alpha value is -0.380. The lowest BCUT2D eigenvalue weighted by Gasteiger charge is -2.16. The van der Waals surface area contributed by atoms with E-state index in [-0.39, 0.29) is 0 Å². The maximum Gasteiger partial charge on any atom is 0.0588 e. The van der Waals surface area contributed by atoms with Gasteiger partial charge in [0.2, 0.25) is 0 Å². The van der Waals surface area contributed by atoms with E-state index in [1.807, 2.05) is 0 Å². The van der Waals surface area contributed by atoms with Crippen molar-refractivity contribution in [1.29, 1.82) is 0 Å². The van der Waals surface area contributed by atoms with Gasteiger partial charge in [0.15, 0.2) is 0 Å². The number of halogens is 1. The van der Waals surface area contributed by atoms with Gasteiger partial charge >= 0.3 is 0 Å². The Kier molecular flexibility index (Phi) is 5.01. The first-order valence-electron chi connectivity index (χ1n) is 6.36. The van der Waals surface area contributed by atoms with Gasteiger partial charge in [-0.25, -0.2) is 0 Å². The summed E-state index contributed by atoms with van der Waals surface area (Å²) in [4.78, 5) is 0. The van der Waals surface area contributed by atoms with Crippen molar-refractivity contribution in [3.8, 4) is 0 Å². The SMILES string of the molecule is C[C@H](NCCC1CCCO1)c1ccc(Br)cc1. The molecular formula is C14H20BrNO. The molecule has 3 heteroatoms. The molecule has 1 aliphatic rings. The van der Waals surface area contributed by atoms with Crippen LogP contribution in [0.4, 0.5) is 0 Å². The smallest absolute Gasteiger partial charge is 0.0588 e. The fourth-order valence-electron chi connectivity index (χ4n) is 2.20. The summed E-state index contributed by atoms with van der Waals surface area (Å²) in [7, 11) is 0. The van der Waals surface area contributed by atoms with Gasteiger partial charge in [0.25, 0.3) is 0 Å². The minimum Gasteiger partial charge on any atom is -0.378 e. The van der Waals surface area contributed by atoms with Gasteiger partial charge in [-0.2, -0.15) is 0 Å². The summed E-state index contributed by atoms with van der Waals surface area (Å²) in [6.07, 6.45) is 4.07. The topological polar surface area (TPSA) is 21.3 Å². The number of rotatable bonds is 5. The van der Waals surface area contributed by atoms with E-state index < -0.39 is 0 Å². The minimum absolute atomic E-state index is 0.407. The maximum absolute atomic E-state index is 5.61. The molecule has 1 saturated heterocycles. The molecule has 0 saturated carbocycles. The highest BCUT2D eigenvalue weighted by atomic mass is 79.9. The van der Waals surface area contributed by atoms with Crippen LogP contribution in [0, 0.1) is 0 Å². The van der Waals surface area contributed by atoms with Crippen LogP contribution in [-0.4, -0.2) is 19.3 Å². The van der Waals surface area contributed by atoms with Crippen molar-refractivity contribution < 1.29 is 4.74 Å². The largest absolute Gasteiger partial charge is 0.378 e. The first-order valence-corrected chi connectivity index (χ1v) is 7.15. The van der Waals surface area contributed by atoms with Crippen molar-refractivity contribution in [2.45, 2.75) is 38.3 Å². The second-order valence-electron chi connectivity index (χ2n) is 4.65. The summed E-state index contributed by atoms with van der Waals surface area (Å²) in [5.74, 6) is 0. The molecule has 1 aromatic rings. The zero-order valence-corrected chi connectivity index (χ0v) is 11.9. The molecule has 2 rings (SSSR count). The third kappa shape index (κ3) is 4.09. The number of ether oxygens (including phenoxy) is 1. The van der Waals surface area contributed by atoms with Gasteiger partial charge in [-0.15, -0.1) is 0 Å². The molecular weight excluding hydrogens is 278 g/mol. The van der Waals surface area contributed by atoms with E-state index in [0.717, 1.165) is 24.0 Å². The average Bonchev–Trinajstić information content (AvgIpc) is 2.83. The Morgan fingerprint density at radius 2 is 2.18 bits per heavy atom. The van der Waals surface area contributed by atoms with Crippen LogP contribution in [0.5, 0.6) is 0 Å². The molecule has 94 valence electrons. The fourth-order valence-corrected chi connectivity index (χ4v) is 2.47. The molecule has 2 atom stereocenters. The number of benzene rings is 1. The van der Waals surface area contributed by atoms with Crippen molar-refractivity contribution in [3.63, 3.8) is 0 Å². The maximum atomic E-state index is 5.61. The van der Waals surface area contributed by atoms with E-state index >= 15 is 0 Å². The molecule has 0 aliphatic carbocycles. The van der Waals surface area contributed by atoms with Crippen LogP contribution in [0.15, 0.2) is 28.7 Å². The standard InChI is InChI=1S/C14H20BrNO/c1-11(12-4-6-13(15)7-5-12)16-9-8-14-3-2-10-17-14/h4-7,11,14,16H,2-3,8-10H2,1H3/t11-,14?/m0/s1. The van der Waals surface area contributed by atoms with Gasteiger partial charge in [0, 0.05) is 17.1 Å². The van der Waals surface area contributed by atoms with Crippen molar-refractivity contribution in [3.05, 3.63) is 34.3 Å². The van der Waals surface area contributed by atoms with Crippen LogP contribution >= 0.6 is 15.9 Å². The molecule has 0 radical (unpaired) electrons. The molecule has 1 unspecified atom stereocenters. The molecule has 1 heterocycles. The van der Waals surface area contributed by atoms with Gasteiger partial charge in [-0.05, 0) is 50.4 Å². The van der Waals surface area contributed by atoms with Crippen LogP contribution in [0.3, 0.4) is 0 Å². The fraction of sp³-hybridized carbons (Fsp3) is 0.571. The predicted molar refractivity (Wildman–Crippen MR) is 74.2 cm³/mol. The highest BCUT2D eigenvalue weighted by Gasteiger charge is 2.15. The highest BCUT2D eigenvalue weighted by Crippen LogP contribution is 2.18. The Morgan fingerprint density at radius 3 is 2.82 bits per heavy atom. The number of hydrogen-bond donors (Lipinski definition) is 1. The van der Waals surface area contributed by atoms with Gasteiger partial charge in [0.1, 0.15) is 0 Å². The summed E-state index contributed by atoms with van der Waals surface area (Å²) in [6.45, 7) is 4.19. The Labute approximate surface area is 112 Å². The Bertz CT molecular complexity index is 333. The van der Waals surface area contributed by atoms with Crippen molar-refractivity contribution in [2.24, 2.45) is 0 Å². The zero-order chi connectivity index (χ0) is 12.1. The average molecular weight is 298 g/mol. The van der Waals surface area contributed by atoms with Crippen molar-refractivity contribution in [2.75, 3.05) is 13.2 Å². The first-order chi connectivity index (χ1) is 8.25. The minimum atomic E-state index is 0.407. The van der Waals surface area contributed by atoms with Crippen molar-refractivity contribution in [1.82, 2.24) is 5.32 Å². The van der Waals surface area contributed by atoms with E-state index in [9.17, 15) is 0 Å². The third-order valence-electron chi connectivity index (χ3n) is 3.31. The van der Waals surface area contributed by atoms with Crippen LogP contribution < -0.4 is 5.32 Å². The van der Waals surface area contributed by atoms with E-state index in [4.69, 9.17) is 4.74 Å². The Balaban J connectivity index is 1.72. The lowest BCUT2D eigenvalue weighted by molar-refractivity contribution is 0.103. The van der Waals surface area contributed by atoms with Gasteiger partial charge < -0.3 is 10.1 Å². The Morgan fingerprint density at radius 1 is 1.41 bits per heavy atom. The second kappa shape index (κ2) is 6.53. The molecule has 0 aromatic heterocycles. The zero-order valence-electron chi connectivity index (χ0n) is 10.3. The molecule has 0 amide bonds. The summed E-state index contributed by atoms with van der Waals surface area (Å²) in [6, 6.07) is 8.91. The molecule has 2 nitrogen and oxygen atoms in total. The van der Waals surface area contributed by atoms with E-state index in [2.05, 4.69) is 52.4 Å². The van der Waals surface area contributed by atoms with Gasteiger partial charge in [-0.1, -0.05) is 28.1 Å². The lowest BCUT2D eigenvalue weighted by atomic mass is 10.1. The summed E-state index contributed by atoms with van der Waals surface area (Å²) >= 11 is 3.45. The van der Waals surface area contributed by atoms with Crippen LogP contribution in [0.25, 0.3) is 0 Å². The molecule has 17 heavy (non-hydrogen) atoms. The quantitative estimate of drug-likeness (QED) is 0.895. The monoisotopic (exact) mass is 297 g/mol.